The maximum atomic E-state index is 13.1. The summed E-state index contributed by atoms with van der Waals surface area (Å²) in [5.74, 6) is 0.0807. The van der Waals surface area contributed by atoms with Gasteiger partial charge in [-0.3, -0.25) is 0 Å². The van der Waals surface area contributed by atoms with Crippen LogP contribution in [0, 0.1) is 0 Å². The topological polar surface area (TPSA) is 50.3 Å². The van der Waals surface area contributed by atoms with E-state index in [9.17, 15) is 8.42 Å². The Kier molecular flexibility index (Phi) is 4.96. The normalized spacial score (nSPS) is 19.1. The zero-order chi connectivity index (χ0) is 18.3. The van der Waals surface area contributed by atoms with E-state index < -0.39 is 10.0 Å². The van der Waals surface area contributed by atoms with Crippen molar-refractivity contribution in [3.8, 4) is 0 Å². The third-order valence-electron chi connectivity index (χ3n) is 4.56. The molecule has 2 heterocycles. The molecule has 1 atom stereocenters. The molecule has 1 aliphatic rings. The maximum Gasteiger partial charge on any atom is 0.246 e. The summed E-state index contributed by atoms with van der Waals surface area (Å²) in [4.78, 5) is 4.70. The molecule has 136 valence electrons. The van der Waals surface area contributed by atoms with Gasteiger partial charge in [0.25, 0.3) is 0 Å². The van der Waals surface area contributed by atoms with Crippen LogP contribution in [0.25, 0.3) is 10.2 Å². The van der Waals surface area contributed by atoms with Gasteiger partial charge in [0.15, 0.2) is 0 Å². The third kappa shape index (κ3) is 3.25. The fourth-order valence-electron chi connectivity index (χ4n) is 3.29. The fourth-order valence-corrected chi connectivity index (χ4v) is 6.99. The summed E-state index contributed by atoms with van der Waals surface area (Å²) >= 11 is 13.9. The minimum atomic E-state index is -3.75. The standard InChI is InChI=1S/C18H16Cl2N2O2S2/c19-13-6-3-7-14(20)17(13)26(23,24)22-10-4-5-12(11-22)18-21-15-8-1-2-9-16(15)25-18/h1-3,6-9,12H,4-5,10-11H2/t12-/m1/s1. The van der Waals surface area contributed by atoms with Crippen LogP contribution in [0.5, 0.6) is 0 Å². The van der Waals surface area contributed by atoms with Gasteiger partial charge in [-0.1, -0.05) is 41.4 Å². The van der Waals surface area contributed by atoms with Gasteiger partial charge in [-0.2, -0.15) is 4.31 Å². The number of aromatic nitrogens is 1. The molecule has 0 saturated carbocycles. The maximum absolute atomic E-state index is 13.1. The van der Waals surface area contributed by atoms with Gasteiger partial charge in [-0.25, -0.2) is 13.4 Å². The van der Waals surface area contributed by atoms with Gasteiger partial charge in [-0.15, -0.1) is 11.3 Å². The van der Waals surface area contributed by atoms with E-state index in [4.69, 9.17) is 28.2 Å². The van der Waals surface area contributed by atoms with Gasteiger partial charge in [-0.05, 0) is 37.1 Å². The van der Waals surface area contributed by atoms with Crippen LogP contribution in [0.2, 0.25) is 10.0 Å². The number of para-hydroxylation sites is 1. The van der Waals surface area contributed by atoms with Crippen LogP contribution < -0.4 is 0 Å². The number of rotatable bonds is 3. The lowest BCUT2D eigenvalue weighted by molar-refractivity contribution is 0.315. The van der Waals surface area contributed by atoms with Crippen molar-refractivity contribution in [3.63, 3.8) is 0 Å². The van der Waals surface area contributed by atoms with Crippen LogP contribution in [-0.4, -0.2) is 30.8 Å². The molecule has 2 aromatic carbocycles. The molecule has 1 saturated heterocycles. The number of thiazole rings is 1. The highest BCUT2D eigenvalue weighted by Gasteiger charge is 2.34. The number of benzene rings is 2. The molecule has 1 aromatic heterocycles. The van der Waals surface area contributed by atoms with Crippen molar-refractivity contribution in [2.75, 3.05) is 13.1 Å². The Labute approximate surface area is 166 Å². The molecular weight excluding hydrogens is 411 g/mol. The number of sulfonamides is 1. The minimum absolute atomic E-state index is 0.00622. The molecule has 0 N–H and O–H groups in total. The van der Waals surface area contributed by atoms with Crippen molar-refractivity contribution < 1.29 is 8.42 Å². The molecule has 0 amide bonds. The lowest BCUT2D eigenvalue weighted by atomic mass is 10.0. The van der Waals surface area contributed by atoms with Crippen molar-refractivity contribution >= 4 is 54.8 Å². The number of fused-ring (bicyclic) bond motifs is 1. The van der Waals surface area contributed by atoms with Crippen molar-refractivity contribution in [1.29, 1.82) is 0 Å². The summed E-state index contributed by atoms with van der Waals surface area (Å²) in [7, 11) is -3.75. The second-order valence-corrected chi connectivity index (χ2v) is 10.0. The van der Waals surface area contributed by atoms with E-state index in [0.29, 0.717) is 13.1 Å². The van der Waals surface area contributed by atoms with Crippen molar-refractivity contribution in [3.05, 3.63) is 57.5 Å². The van der Waals surface area contributed by atoms with Crippen LogP contribution in [-0.2, 0) is 10.0 Å². The van der Waals surface area contributed by atoms with Crippen LogP contribution >= 0.6 is 34.5 Å². The lowest BCUT2D eigenvalue weighted by Gasteiger charge is -2.31. The Hall–Kier alpha value is -1.18. The molecule has 0 bridgehead atoms. The highest BCUT2D eigenvalue weighted by Crippen LogP contribution is 2.37. The fraction of sp³-hybridized carbons (Fsp3) is 0.278. The van der Waals surface area contributed by atoms with E-state index in [1.807, 2.05) is 24.3 Å². The SMILES string of the molecule is O=S(=O)(c1c(Cl)cccc1Cl)N1CCC[C@@H](c2nc3ccccc3s2)C1. The molecule has 8 heteroatoms. The average molecular weight is 427 g/mol. The molecule has 0 spiro atoms. The van der Waals surface area contributed by atoms with E-state index >= 15 is 0 Å². The second kappa shape index (κ2) is 7.09. The summed E-state index contributed by atoms with van der Waals surface area (Å²) in [6.45, 7) is 0.856. The molecule has 1 aliphatic heterocycles. The Balaban J connectivity index is 1.66. The summed E-state index contributed by atoms with van der Waals surface area (Å²) in [5.41, 5.74) is 0.960. The van der Waals surface area contributed by atoms with Crippen molar-refractivity contribution in [2.45, 2.75) is 23.7 Å². The van der Waals surface area contributed by atoms with E-state index in [1.165, 1.54) is 4.31 Å². The Morgan fingerprint density at radius 1 is 1.08 bits per heavy atom. The summed E-state index contributed by atoms with van der Waals surface area (Å²) in [6, 6.07) is 12.7. The first-order valence-electron chi connectivity index (χ1n) is 8.26. The second-order valence-electron chi connectivity index (χ2n) is 6.27. The predicted octanol–water partition coefficient (Wildman–Crippen LogP) is 5.17. The molecule has 1 fully saturated rings. The largest absolute Gasteiger partial charge is 0.246 e. The lowest BCUT2D eigenvalue weighted by Crippen LogP contribution is -2.39. The van der Waals surface area contributed by atoms with Gasteiger partial charge >= 0.3 is 0 Å². The molecule has 3 aromatic rings. The average Bonchev–Trinajstić information content (AvgIpc) is 3.06. The molecule has 4 rings (SSSR count). The van der Waals surface area contributed by atoms with Gasteiger partial charge in [0.05, 0.1) is 25.3 Å². The zero-order valence-electron chi connectivity index (χ0n) is 13.7. The first kappa shape index (κ1) is 18.2. The first-order chi connectivity index (χ1) is 12.5. The van der Waals surface area contributed by atoms with Crippen molar-refractivity contribution in [1.82, 2.24) is 9.29 Å². The number of piperidine rings is 1. The van der Waals surface area contributed by atoms with Crippen molar-refractivity contribution in [2.24, 2.45) is 0 Å². The van der Waals surface area contributed by atoms with E-state index in [-0.39, 0.29) is 20.9 Å². The van der Waals surface area contributed by atoms with Crippen LogP contribution in [0.1, 0.15) is 23.8 Å². The highest BCUT2D eigenvalue weighted by molar-refractivity contribution is 7.89. The number of halogens is 2. The van der Waals surface area contributed by atoms with E-state index in [2.05, 4.69) is 0 Å². The number of nitrogens with zero attached hydrogens (tertiary/aromatic N) is 2. The Bertz CT molecular complexity index is 1010. The monoisotopic (exact) mass is 426 g/mol. The molecule has 0 radical (unpaired) electrons. The summed E-state index contributed by atoms with van der Waals surface area (Å²) in [6.07, 6.45) is 1.70. The smallest absolute Gasteiger partial charge is 0.241 e. The Morgan fingerprint density at radius 3 is 2.54 bits per heavy atom. The summed E-state index contributed by atoms with van der Waals surface area (Å²) < 4.78 is 28.8. The minimum Gasteiger partial charge on any atom is -0.241 e. The van der Waals surface area contributed by atoms with Crippen LogP contribution in [0.3, 0.4) is 0 Å². The Morgan fingerprint density at radius 2 is 1.81 bits per heavy atom. The van der Waals surface area contributed by atoms with Crippen LogP contribution in [0.4, 0.5) is 0 Å². The van der Waals surface area contributed by atoms with Crippen LogP contribution in [0.15, 0.2) is 47.4 Å². The summed E-state index contributed by atoms with van der Waals surface area (Å²) in [5, 5.41) is 1.29. The molecule has 0 unspecified atom stereocenters. The zero-order valence-corrected chi connectivity index (χ0v) is 16.9. The predicted molar refractivity (Wildman–Crippen MR) is 107 cm³/mol. The molecule has 0 aliphatic carbocycles. The van der Waals surface area contributed by atoms with E-state index in [1.54, 1.807) is 29.5 Å². The molecular formula is C18H16Cl2N2O2S2. The molecule has 4 nitrogen and oxygen atoms in total. The highest BCUT2D eigenvalue weighted by atomic mass is 35.5. The van der Waals surface area contributed by atoms with Gasteiger partial charge in [0.1, 0.15) is 4.90 Å². The third-order valence-corrected chi connectivity index (χ3v) is 8.58. The van der Waals surface area contributed by atoms with Gasteiger partial charge in [0.2, 0.25) is 10.0 Å². The quantitative estimate of drug-likeness (QED) is 0.579. The molecule has 26 heavy (non-hydrogen) atoms. The van der Waals surface area contributed by atoms with Gasteiger partial charge in [0, 0.05) is 19.0 Å². The number of hydrogen-bond donors (Lipinski definition) is 0. The van der Waals surface area contributed by atoms with E-state index in [0.717, 1.165) is 28.1 Å². The van der Waals surface area contributed by atoms with Gasteiger partial charge < -0.3 is 0 Å². The number of hydrogen-bond acceptors (Lipinski definition) is 4. The first-order valence-corrected chi connectivity index (χ1v) is 11.3.